The summed E-state index contributed by atoms with van der Waals surface area (Å²) in [5, 5.41) is 0. The van der Waals surface area contributed by atoms with E-state index in [1.807, 2.05) is 0 Å². The highest BCUT2D eigenvalue weighted by Gasteiger charge is 2.29. The first-order chi connectivity index (χ1) is 30.6. The van der Waals surface area contributed by atoms with E-state index in [-0.39, 0.29) is 11.1 Å². The quantitative estimate of drug-likeness (QED) is 0.260. The number of para-hydroxylation sites is 2. The van der Waals surface area contributed by atoms with Crippen LogP contribution in [0.4, 0.5) is 11.4 Å². The topological polar surface area (TPSA) is 28.7 Å². The Labute approximate surface area is 410 Å². The van der Waals surface area contributed by atoms with E-state index in [4.69, 9.17) is 4.74 Å². The normalized spacial score (nSPS) is 20.3. The van der Waals surface area contributed by atoms with Gasteiger partial charge < -0.3 is 14.5 Å². The maximum Gasteiger partial charge on any atom is 0.0594 e. The zero-order valence-electron chi connectivity index (χ0n) is 47.0. The van der Waals surface area contributed by atoms with Gasteiger partial charge >= 0.3 is 0 Å². The Kier molecular flexibility index (Phi) is 23.1. The summed E-state index contributed by atoms with van der Waals surface area (Å²) in [6, 6.07) is 17.5. The predicted molar refractivity (Wildman–Crippen MR) is 292 cm³/mol. The van der Waals surface area contributed by atoms with Crippen LogP contribution < -0.4 is 9.80 Å². The fourth-order valence-corrected chi connectivity index (χ4v) is 10.0. The number of piperidine rings is 2. The predicted octanol–water partition coefficient (Wildman–Crippen LogP) is 13.6. The third-order valence-corrected chi connectivity index (χ3v) is 14.2. The maximum atomic E-state index is 5.25. The summed E-state index contributed by atoms with van der Waals surface area (Å²) in [5.41, 5.74) is 7.91. The van der Waals surface area contributed by atoms with Gasteiger partial charge in [-0.05, 0) is 245 Å². The Morgan fingerprint density at radius 2 is 0.606 bits per heavy atom. The summed E-state index contributed by atoms with van der Waals surface area (Å²) in [4.78, 5) is 15.2. The number of hydrogen-bond acceptors (Lipinski definition) is 7. The van der Waals surface area contributed by atoms with Crippen LogP contribution in [0.2, 0.25) is 0 Å². The number of aryl methyl sites for hydroxylation is 1. The second-order valence-corrected chi connectivity index (χ2v) is 25.8. The lowest BCUT2D eigenvalue weighted by Gasteiger charge is -2.41. The van der Waals surface area contributed by atoms with Gasteiger partial charge in [-0.25, -0.2) is 0 Å². The SMILES string of the molecule is CC(C)(C)N1CCCC1.CC(C)(C)N1CCCCC1.CC(C)(C)N1CCCCC1.CC(C)(C)N1CCCc2ccccc21.CC(C)(C)N1CCOCC1.CC(C)(C)N1CCc2ccccc21. The fourth-order valence-electron chi connectivity index (χ4n) is 10.0. The molecule has 6 aliphatic heterocycles. The van der Waals surface area contributed by atoms with Crippen LogP contribution in [-0.4, -0.2) is 131 Å². The Bertz CT molecular complexity index is 1540. The molecule has 0 bridgehead atoms. The van der Waals surface area contributed by atoms with Crippen molar-refractivity contribution in [3.63, 3.8) is 0 Å². The van der Waals surface area contributed by atoms with Gasteiger partial charge in [0, 0.05) is 70.8 Å². The lowest BCUT2D eigenvalue weighted by atomic mass is 9.96. The van der Waals surface area contributed by atoms with E-state index in [0.29, 0.717) is 22.2 Å². The van der Waals surface area contributed by atoms with Gasteiger partial charge in [0.2, 0.25) is 0 Å². The molecule has 7 nitrogen and oxygen atoms in total. The van der Waals surface area contributed by atoms with Crippen LogP contribution in [0.25, 0.3) is 0 Å². The summed E-state index contributed by atoms with van der Waals surface area (Å²) in [6.45, 7) is 55.3. The van der Waals surface area contributed by atoms with Gasteiger partial charge in [-0.15, -0.1) is 0 Å². The van der Waals surface area contributed by atoms with Crippen molar-refractivity contribution >= 4 is 11.4 Å². The standard InChI is InChI=1S/C13H19N.C12H17N.2C9H19N.C8H17NO.C8H17N/c1-13(2,3)14-10-6-8-11-7-4-5-9-12(11)14;1-12(2,3)13-9-8-10-6-4-5-7-11(10)13;2*1-9(2,3)10-7-5-4-6-8-10;1-8(2,3)9-4-6-10-7-5-9;1-8(2,3)9-6-4-5-7-9/h4-5,7,9H,6,8,10H2,1-3H3;4-7H,8-9H2,1-3H3;2*4-8H2,1-3H3;4-7H2,1-3H3;4-7H2,1-3H3. The molecule has 0 saturated carbocycles. The van der Waals surface area contributed by atoms with E-state index in [2.05, 4.69) is 203 Å². The van der Waals surface area contributed by atoms with Crippen LogP contribution in [0.1, 0.15) is 194 Å². The van der Waals surface area contributed by atoms with Crippen LogP contribution in [-0.2, 0) is 17.6 Å². The number of hydrogen-bond donors (Lipinski definition) is 0. The van der Waals surface area contributed by atoms with Gasteiger partial charge in [0.15, 0.2) is 0 Å². The molecule has 0 radical (unpaired) electrons. The van der Waals surface area contributed by atoms with Crippen LogP contribution in [0.3, 0.4) is 0 Å². The Morgan fingerprint density at radius 1 is 0.303 bits per heavy atom. The molecule has 66 heavy (non-hydrogen) atoms. The average molecular weight is 918 g/mol. The van der Waals surface area contributed by atoms with E-state index in [0.717, 1.165) is 26.3 Å². The van der Waals surface area contributed by atoms with Crippen molar-refractivity contribution in [1.82, 2.24) is 19.6 Å². The minimum atomic E-state index is 0.247. The second-order valence-electron chi connectivity index (χ2n) is 25.8. The van der Waals surface area contributed by atoms with Crippen molar-refractivity contribution < 1.29 is 4.74 Å². The molecular formula is C59H108N6O. The lowest BCUT2D eigenvalue weighted by molar-refractivity contribution is -0.00389. The number of anilines is 2. The molecule has 2 aromatic rings. The zero-order valence-corrected chi connectivity index (χ0v) is 47.0. The number of likely N-dealkylation sites (tertiary alicyclic amines) is 3. The van der Waals surface area contributed by atoms with E-state index < -0.39 is 0 Å². The number of nitrogens with zero attached hydrogens (tertiary/aromatic N) is 6. The second kappa shape index (κ2) is 26.2. The van der Waals surface area contributed by atoms with Crippen molar-refractivity contribution in [2.45, 2.75) is 228 Å². The van der Waals surface area contributed by atoms with Crippen molar-refractivity contribution in [1.29, 1.82) is 0 Å². The average Bonchev–Trinajstić information content (AvgIpc) is 3.97. The van der Waals surface area contributed by atoms with E-state index >= 15 is 0 Å². The molecular weight excluding hydrogens is 809 g/mol. The van der Waals surface area contributed by atoms with E-state index in [9.17, 15) is 0 Å². The summed E-state index contributed by atoms with van der Waals surface area (Å²) in [5.74, 6) is 0. The molecule has 4 fully saturated rings. The molecule has 2 aromatic carbocycles. The number of morpholine rings is 1. The molecule has 0 amide bonds. The minimum absolute atomic E-state index is 0.247. The van der Waals surface area contributed by atoms with Crippen LogP contribution >= 0.6 is 0 Å². The highest BCUT2D eigenvalue weighted by Crippen LogP contribution is 2.34. The summed E-state index contributed by atoms with van der Waals surface area (Å²) in [6.07, 6.45) is 15.0. The summed E-state index contributed by atoms with van der Waals surface area (Å²) < 4.78 is 5.25. The largest absolute Gasteiger partial charge is 0.379 e. The van der Waals surface area contributed by atoms with Crippen molar-refractivity contribution in [3.05, 3.63) is 59.7 Å². The summed E-state index contributed by atoms with van der Waals surface area (Å²) >= 11 is 0. The van der Waals surface area contributed by atoms with E-state index in [1.165, 1.54) is 145 Å². The van der Waals surface area contributed by atoms with Gasteiger partial charge in [-0.2, -0.15) is 0 Å². The third-order valence-electron chi connectivity index (χ3n) is 14.2. The molecule has 0 aromatic heterocycles. The van der Waals surface area contributed by atoms with Crippen molar-refractivity contribution in [3.8, 4) is 0 Å². The number of benzene rings is 2. The highest BCUT2D eigenvalue weighted by molar-refractivity contribution is 5.59. The highest BCUT2D eigenvalue weighted by atomic mass is 16.5. The molecule has 0 aliphatic carbocycles. The van der Waals surface area contributed by atoms with Gasteiger partial charge in [-0.3, -0.25) is 19.6 Å². The first kappa shape index (κ1) is 58.2. The molecule has 6 aliphatic rings. The third kappa shape index (κ3) is 20.4. The minimum Gasteiger partial charge on any atom is -0.379 e. The number of ether oxygens (including phenoxy) is 1. The van der Waals surface area contributed by atoms with Gasteiger partial charge in [0.25, 0.3) is 0 Å². The molecule has 7 heteroatoms. The first-order valence-electron chi connectivity index (χ1n) is 26.9. The first-order valence-corrected chi connectivity index (χ1v) is 26.9. The number of fused-ring (bicyclic) bond motifs is 2. The molecule has 0 unspecified atom stereocenters. The van der Waals surface area contributed by atoms with Gasteiger partial charge in [0.1, 0.15) is 0 Å². The zero-order chi connectivity index (χ0) is 49.4. The lowest BCUT2D eigenvalue weighted by Crippen LogP contribution is -2.47. The molecule has 6 heterocycles. The fraction of sp³-hybridized carbons (Fsp3) is 0.797. The molecule has 4 saturated heterocycles. The summed E-state index contributed by atoms with van der Waals surface area (Å²) in [7, 11) is 0. The Morgan fingerprint density at radius 3 is 0.924 bits per heavy atom. The van der Waals surface area contributed by atoms with Crippen LogP contribution in [0.15, 0.2) is 48.5 Å². The molecule has 8 rings (SSSR count). The van der Waals surface area contributed by atoms with Crippen molar-refractivity contribution in [2.24, 2.45) is 0 Å². The monoisotopic (exact) mass is 917 g/mol. The smallest absolute Gasteiger partial charge is 0.0594 e. The van der Waals surface area contributed by atoms with Gasteiger partial charge in [-0.1, -0.05) is 49.2 Å². The molecule has 380 valence electrons. The van der Waals surface area contributed by atoms with Crippen LogP contribution in [0, 0.1) is 0 Å². The van der Waals surface area contributed by atoms with E-state index in [1.54, 1.807) is 0 Å². The van der Waals surface area contributed by atoms with Gasteiger partial charge in [0.05, 0.1) is 13.2 Å². The van der Waals surface area contributed by atoms with Crippen LogP contribution in [0.5, 0.6) is 0 Å². The maximum absolute atomic E-state index is 5.25. The van der Waals surface area contributed by atoms with Crippen molar-refractivity contribution in [2.75, 3.05) is 88.5 Å². The molecule has 0 spiro atoms. The molecule has 0 atom stereocenters. The molecule has 0 N–H and O–H groups in total. The Balaban J connectivity index is 0.000000212. The Hall–Kier alpha value is -2.16. The number of rotatable bonds is 0.